The second-order valence-corrected chi connectivity index (χ2v) is 12.6. The van der Waals surface area contributed by atoms with Gasteiger partial charge in [-0.15, -0.1) is 0 Å². The number of anilines is 1. The molecule has 2 aromatic carbocycles. The molecule has 1 saturated carbocycles. The van der Waals surface area contributed by atoms with Crippen LogP contribution in [-0.2, 0) is 26.2 Å². The largest absolute Gasteiger partial charge is 0.352 e. The second-order valence-electron chi connectivity index (χ2n) is 10.2. The minimum absolute atomic E-state index is 0.0417. The summed E-state index contributed by atoms with van der Waals surface area (Å²) in [7, 11) is -3.63. The Kier molecular flexibility index (Phi) is 11.2. The first-order chi connectivity index (χ1) is 18.5. The van der Waals surface area contributed by atoms with E-state index in [1.807, 2.05) is 6.92 Å². The number of hydrogen-bond donors (Lipinski definition) is 1. The van der Waals surface area contributed by atoms with Crippen LogP contribution in [0.4, 0.5) is 10.1 Å². The first kappa shape index (κ1) is 30.9. The lowest BCUT2D eigenvalue weighted by Crippen LogP contribution is -2.51. The molecule has 1 atom stereocenters. The van der Waals surface area contributed by atoms with E-state index in [9.17, 15) is 22.4 Å². The van der Waals surface area contributed by atoms with Crippen LogP contribution in [0.1, 0.15) is 69.4 Å². The summed E-state index contributed by atoms with van der Waals surface area (Å²) in [5.41, 5.74) is 1.82. The predicted molar refractivity (Wildman–Crippen MR) is 154 cm³/mol. The topological polar surface area (TPSA) is 86.8 Å². The lowest BCUT2D eigenvalue weighted by molar-refractivity contribution is -0.141. The van der Waals surface area contributed by atoms with Crippen LogP contribution < -0.4 is 9.62 Å². The van der Waals surface area contributed by atoms with Gasteiger partial charge < -0.3 is 10.2 Å². The van der Waals surface area contributed by atoms with Gasteiger partial charge in [-0.25, -0.2) is 12.8 Å². The maximum absolute atomic E-state index is 13.6. The fourth-order valence-corrected chi connectivity index (χ4v) is 6.28. The van der Waals surface area contributed by atoms with Crippen molar-refractivity contribution in [1.82, 2.24) is 10.2 Å². The highest BCUT2D eigenvalue weighted by molar-refractivity contribution is 7.92. The third-order valence-electron chi connectivity index (χ3n) is 7.26. The van der Waals surface area contributed by atoms with Gasteiger partial charge in [-0.2, -0.15) is 0 Å². The Bertz CT molecular complexity index is 1230. The zero-order chi connectivity index (χ0) is 28.6. The van der Waals surface area contributed by atoms with Crippen LogP contribution in [-0.4, -0.2) is 50.0 Å². The summed E-state index contributed by atoms with van der Waals surface area (Å²) in [6.45, 7) is 3.85. The molecule has 39 heavy (non-hydrogen) atoms. The van der Waals surface area contributed by atoms with Crippen molar-refractivity contribution in [2.45, 2.75) is 83.8 Å². The molecule has 0 aliphatic heterocycles. The SMILES string of the molecule is CC[C@@H](C(=O)NC1CCCCC1)N(Cc1ccc(F)cc1)C(=O)CCCN(c1cccc(Cl)c1C)S(C)(=O)=O. The highest BCUT2D eigenvalue weighted by Crippen LogP contribution is 2.28. The zero-order valence-corrected chi connectivity index (χ0v) is 24.5. The van der Waals surface area contributed by atoms with Crippen molar-refractivity contribution in [3.8, 4) is 0 Å². The minimum atomic E-state index is -3.63. The molecule has 214 valence electrons. The van der Waals surface area contributed by atoms with E-state index >= 15 is 0 Å². The van der Waals surface area contributed by atoms with Crippen molar-refractivity contribution in [2.24, 2.45) is 0 Å². The van der Waals surface area contributed by atoms with E-state index < -0.39 is 16.1 Å². The average Bonchev–Trinajstić information content (AvgIpc) is 2.89. The summed E-state index contributed by atoms with van der Waals surface area (Å²) < 4.78 is 40.0. The highest BCUT2D eigenvalue weighted by Gasteiger charge is 2.30. The Hall–Kier alpha value is -2.65. The van der Waals surface area contributed by atoms with Crippen LogP contribution in [0.2, 0.25) is 5.02 Å². The Morgan fingerprint density at radius 1 is 1.10 bits per heavy atom. The van der Waals surface area contributed by atoms with E-state index in [4.69, 9.17) is 11.6 Å². The third kappa shape index (κ3) is 8.67. The van der Waals surface area contributed by atoms with Crippen LogP contribution in [0.15, 0.2) is 42.5 Å². The molecule has 0 radical (unpaired) electrons. The minimum Gasteiger partial charge on any atom is -0.352 e. The number of carbonyl (C=O) groups is 2. The lowest BCUT2D eigenvalue weighted by atomic mass is 9.95. The number of amides is 2. The van der Waals surface area contributed by atoms with Crippen LogP contribution in [0.5, 0.6) is 0 Å². The smallest absolute Gasteiger partial charge is 0.243 e. The quantitative estimate of drug-likeness (QED) is 0.355. The standard InChI is InChI=1S/C29H39ClFN3O4S/c1-4-26(29(36)32-24-10-6-5-7-11-24)33(20-22-15-17-23(31)18-16-22)28(35)14-9-19-34(39(3,37)38)27-13-8-12-25(30)21(27)2/h8,12-13,15-18,24,26H,4-7,9-11,14,19-20H2,1-3H3,(H,32,36)/t26-/m0/s1. The molecule has 0 unspecified atom stereocenters. The van der Waals surface area contributed by atoms with Gasteiger partial charge in [0, 0.05) is 30.6 Å². The van der Waals surface area contributed by atoms with Crippen LogP contribution in [0.3, 0.4) is 0 Å². The molecule has 1 aliphatic carbocycles. The van der Waals surface area contributed by atoms with Crippen molar-refractivity contribution in [3.05, 3.63) is 64.4 Å². The molecule has 0 bridgehead atoms. The van der Waals surface area contributed by atoms with Gasteiger partial charge in [-0.3, -0.25) is 13.9 Å². The molecule has 0 spiro atoms. The molecule has 7 nitrogen and oxygen atoms in total. The monoisotopic (exact) mass is 579 g/mol. The van der Waals surface area contributed by atoms with Crippen molar-refractivity contribution >= 4 is 39.1 Å². The van der Waals surface area contributed by atoms with Gasteiger partial charge in [0.05, 0.1) is 11.9 Å². The Morgan fingerprint density at radius 3 is 2.38 bits per heavy atom. The molecular formula is C29H39ClFN3O4S. The summed E-state index contributed by atoms with van der Waals surface area (Å²) in [5.74, 6) is -0.829. The van der Waals surface area contributed by atoms with E-state index in [1.54, 1.807) is 42.2 Å². The number of carbonyl (C=O) groups excluding carboxylic acids is 2. The van der Waals surface area contributed by atoms with Crippen molar-refractivity contribution in [2.75, 3.05) is 17.1 Å². The van der Waals surface area contributed by atoms with Crippen molar-refractivity contribution < 1.29 is 22.4 Å². The third-order valence-corrected chi connectivity index (χ3v) is 8.85. The van der Waals surface area contributed by atoms with Crippen LogP contribution >= 0.6 is 11.6 Å². The van der Waals surface area contributed by atoms with Gasteiger partial charge in [-0.1, -0.05) is 56.0 Å². The molecular weight excluding hydrogens is 541 g/mol. The first-order valence-corrected chi connectivity index (χ1v) is 15.8. The molecule has 2 amide bonds. The molecule has 1 N–H and O–H groups in total. The summed E-state index contributed by atoms with van der Waals surface area (Å²) in [4.78, 5) is 28.5. The lowest BCUT2D eigenvalue weighted by Gasteiger charge is -2.33. The Balaban J connectivity index is 1.77. The molecule has 1 aliphatic rings. The maximum Gasteiger partial charge on any atom is 0.243 e. The molecule has 2 aromatic rings. The highest BCUT2D eigenvalue weighted by atomic mass is 35.5. The number of rotatable bonds is 12. The zero-order valence-electron chi connectivity index (χ0n) is 23.0. The number of nitrogens with one attached hydrogen (secondary N) is 1. The van der Waals surface area contributed by atoms with Crippen LogP contribution in [0.25, 0.3) is 0 Å². The van der Waals surface area contributed by atoms with E-state index in [0.717, 1.165) is 38.4 Å². The van der Waals surface area contributed by atoms with E-state index in [-0.39, 0.29) is 49.6 Å². The first-order valence-electron chi connectivity index (χ1n) is 13.6. The van der Waals surface area contributed by atoms with Gasteiger partial charge in [0.1, 0.15) is 11.9 Å². The molecule has 1 fully saturated rings. The van der Waals surface area contributed by atoms with E-state index in [2.05, 4.69) is 5.32 Å². The van der Waals surface area contributed by atoms with E-state index in [1.165, 1.54) is 16.4 Å². The summed E-state index contributed by atoms with van der Waals surface area (Å²) in [6.07, 6.45) is 7.00. The van der Waals surface area contributed by atoms with E-state index in [0.29, 0.717) is 28.3 Å². The Morgan fingerprint density at radius 2 is 1.77 bits per heavy atom. The summed E-state index contributed by atoms with van der Waals surface area (Å²) in [5, 5.41) is 3.59. The Labute approximate surface area is 236 Å². The van der Waals surface area contributed by atoms with Crippen molar-refractivity contribution in [1.29, 1.82) is 0 Å². The van der Waals surface area contributed by atoms with Gasteiger partial charge in [0.2, 0.25) is 21.8 Å². The number of benzene rings is 2. The predicted octanol–water partition coefficient (Wildman–Crippen LogP) is 5.59. The molecule has 3 rings (SSSR count). The molecule has 0 aromatic heterocycles. The van der Waals surface area contributed by atoms with Gasteiger partial charge in [0.15, 0.2) is 0 Å². The summed E-state index contributed by atoms with van der Waals surface area (Å²) >= 11 is 6.23. The van der Waals surface area contributed by atoms with Gasteiger partial charge >= 0.3 is 0 Å². The second kappa shape index (κ2) is 14.1. The molecule has 10 heteroatoms. The maximum atomic E-state index is 13.6. The van der Waals surface area contributed by atoms with Gasteiger partial charge in [-0.05, 0) is 68.0 Å². The van der Waals surface area contributed by atoms with Crippen LogP contribution in [0, 0.1) is 12.7 Å². The number of nitrogens with zero attached hydrogens (tertiary/aromatic N) is 2. The van der Waals surface area contributed by atoms with Crippen molar-refractivity contribution in [3.63, 3.8) is 0 Å². The normalized spacial score (nSPS) is 15.0. The number of halogens is 2. The number of sulfonamides is 1. The molecule has 0 heterocycles. The summed E-state index contributed by atoms with van der Waals surface area (Å²) in [6, 6.07) is 10.4. The fraction of sp³-hybridized carbons (Fsp3) is 0.517. The number of hydrogen-bond acceptors (Lipinski definition) is 4. The fourth-order valence-electron chi connectivity index (χ4n) is 5.10. The average molecular weight is 580 g/mol. The van der Waals surface area contributed by atoms with Gasteiger partial charge in [0.25, 0.3) is 0 Å². The molecule has 0 saturated heterocycles.